The molecule has 29 heavy (non-hydrogen) atoms. The number of nitrogens with zero attached hydrogens (tertiary/aromatic N) is 1. The molecule has 1 saturated heterocycles. The van der Waals surface area contributed by atoms with E-state index in [0.29, 0.717) is 20.7 Å². The highest BCUT2D eigenvalue weighted by molar-refractivity contribution is 8.27. The predicted molar refractivity (Wildman–Crippen MR) is 118 cm³/mol. The fraction of sp³-hybridized carbons (Fsp3) is 0.190. The first kappa shape index (κ1) is 20.9. The summed E-state index contributed by atoms with van der Waals surface area (Å²) in [6.45, 7) is 1.98. The Balaban J connectivity index is 1.83. The summed E-state index contributed by atoms with van der Waals surface area (Å²) in [6, 6.07) is 12.8. The number of anilines is 1. The molecule has 1 amide bonds. The molecule has 2 aromatic carbocycles. The average molecular weight is 430 g/mol. The van der Waals surface area contributed by atoms with Crippen LogP contribution in [0, 0.1) is 6.92 Å². The van der Waals surface area contributed by atoms with Gasteiger partial charge in [0.1, 0.15) is 0 Å². The molecule has 1 aliphatic heterocycles. The number of aliphatic carboxylic acids is 1. The minimum absolute atomic E-state index is 0.0418. The number of carboxylic acid groups (broad SMARTS) is 1. The monoisotopic (exact) mass is 429 g/mol. The predicted octanol–water partition coefficient (Wildman–Crippen LogP) is 4.26. The number of benzene rings is 2. The minimum Gasteiger partial charge on any atom is -0.493 e. The normalized spacial score (nSPS) is 15.1. The van der Waals surface area contributed by atoms with Crippen molar-refractivity contribution in [3.05, 3.63) is 58.5 Å². The van der Waals surface area contributed by atoms with Crippen LogP contribution in [0.2, 0.25) is 0 Å². The SMILES string of the molecule is COc1cc(/C=C2/SC(=S)N(c3ccccc3C)C2=O)ccc1OCCC(=O)O. The van der Waals surface area contributed by atoms with Crippen molar-refractivity contribution in [2.24, 2.45) is 0 Å². The summed E-state index contributed by atoms with van der Waals surface area (Å²) in [7, 11) is 1.50. The van der Waals surface area contributed by atoms with Crippen LogP contribution in [0.5, 0.6) is 11.5 Å². The molecule has 0 radical (unpaired) electrons. The van der Waals surface area contributed by atoms with E-state index in [2.05, 4.69) is 0 Å². The first-order valence-electron chi connectivity index (χ1n) is 8.77. The number of carboxylic acids is 1. The highest BCUT2D eigenvalue weighted by Gasteiger charge is 2.33. The van der Waals surface area contributed by atoms with Crippen molar-refractivity contribution in [3.63, 3.8) is 0 Å². The number of para-hydroxylation sites is 1. The fourth-order valence-corrected chi connectivity index (χ4v) is 4.07. The van der Waals surface area contributed by atoms with Gasteiger partial charge in [0.25, 0.3) is 5.91 Å². The number of thioether (sulfide) groups is 1. The minimum atomic E-state index is -0.934. The Kier molecular flexibility index (Phi) is 6.56. The number of carbonyl (C=O) groups is 2. The van der Waals surface area contributed by atoms with Crippen LogP contribution < -0.4 is 14.4 Å². The maximum Gasteiger partial charge on any atom is 0.306 e. The molecule has 8 heteroatoms. The molecular formula is C21H19NO5S2. The second-order valence-electron chi connectivity index (χ2n) is 6.21. The van der Waals surface area contributed by atoms with Crippen molar-refractivity contribution < 1.29 is 24.2 Å². The van der Waals surface area contributed by atoms with Crippen molar-refractivity contribution in [1.82, 2.24) is 0 Å². The molecule has 1 N–H and O–H groups in total. The van der Waals surface area contributed by atoms with Crippen LogP contribution in [0.25, 0.3) is 6.08 Å². The summed E-state index contributed by atoms with van der Waals surface area (Å²) < 4.78 is 11.3. The Morgan fingerprint density at radius 2 is 2.00 bits per heavy atom. The summed E-state index contributed by atoms with van der Waals surface area (Å²) in [5.41, 5.74) is 2.49. The highest BCUT2D eigenvalue weighted by Crippen LogP contribution is 2.38. The second kappa shape index (κ2) is 9.11. The standard InChI is InChI=1S/C21H19NO5S2/c1-13-5-3-4-6-15(13)22-20(25)18(29-21(22)28)12-14-7-8-16(17(11-14)26-2)27-10-9-19(23)24/h3-8,11-12H,9-10H2,1-2H3,(H,23,24)/b18-12+. The van der Waals surface area contributed by atoms with Gasteiger partial charge >= 0.3 is 5.97 Å². The largest absolute Gasteiger partial charge is 0.493 e. The Labute approximate surface area is 178 Å². The van der Waals surface area contributed by atoms with Gasteiger partial charge in [-0.2, -0.15) is 0 Å². The van der Waals surface area contributed by atoms with Crippen LogP contribution in [-0.2, 0) is 9.59 Å². The third-order valence-corrected chi connectivity index (χ3v) is 5.51. The Hall–Kier alpha value is -2.84. The molecule has 6 nitrogen and oxygen atoms in total. The molecule has 1 aliphatic rings. The first-order valence-corrected chi connectivity index (χ1v) is 9.99. The van der Waals surface area contributed by atoms with Crippen LogP contribution in [-0.4, -0.2) is 35.0 Å². The van der Waals surface area contributed by atoms with E-state index in [1.165, 1.54) is 18.9 Å². The zero-order chi connectivity index (χ0) is 21.0. The van der Waals surface area contributed by atoms with Crippen LogP contribution in [0.4, 0.5) is 5.69 Å². The number of aryl methyl sites for hydroxylation is 1. The lowest BCUT2D eigenvalue weighted by Gasteiger charge is -2.16. The molecule has 0 atom stereocenters. The number of ether oxygens (including phenoxy) is 2. The fourth-order valence-electron chi connectivity index (χ4n) is 2.78. The van der Waals surface area contributed by atoms with Gasteiger partial charge in [0, 0.05) is 0 Å². The van der Waals surface area contributed by atoms with Gasteiger partial charge in [-0.05, 0) is 42.3 Å². The highest BCUT2D eigenvalue weighted by atomic mass is 32.2. The van der Waals surface area contributed by atoms with Gasteiger partial charge < -0.3 is 14.6 Å². The van der Waals surface area contributed by atoms with Crippen LogP contribution in [0.3, 0.4) is 0 Å². The van der Waals surface area contributed by atoms with E-state index in [1.54, 1.807) is 29.2 Å². The summed E-state index contributed by atoms with van der Waals surface area (Å²) >= 11 is 6.67. The molecule has 0 aromatic heterocycles. The Morgan fingerprint density at radius 1 is 1.24 bits per heavy atom. The zero-order valence-electron chi connectivity index (χ0n) is 15.9. The molecule has 150 valence electrons. The van der Waals surface area contributed by atoms with E-state index >= 15 is 0 Å². The number of amides is 1. The number of thiocarbonyl (C=S) groups is 1. The maximum atomic E-state index is 12.9. The van der Waals surface area contributed by atoms with E-state index in [9.17, 15) is 9.59 Å². The smallest absolute Gasteiger partial charge is 0.306 e. The van der Waals surface area contributed by atoms with Crippen molar-refractivity contribution in [3.8, 4) is 11.5 Å². The van der Waals surface area contributed by atoms with Gasteiger partial charge in [-0.1, -0.05) is 48.2 Å². The molecule has 2 aromatic rings. The lowest BCUT2D eigenvalue weighted by Crippen LogP contribution is -2.28. The maximum absolute atomic E-state index is 12.9. The molecule has 0 spiro atoms. The van der Waals surface area contributed by atoms with E-state index in [1.807, 2.05) is 31.2 Å². The number of hydrogen-bond acceptors (Lipinski definition) is 6. The lowest BCUT2D eigenvalue weighted by atomic mass is 10.1. The number of hydrogen-bond donors (Lipinski definition) is 1. The summed E-state index contributed by atoms with van der Waals surface area (Å²) in [6.07, 6.45) is 1.65. The molecule has 0 unspecified atom stereocenters. The molecule has 1 heterocycles. The number of rotatable bonds is 7. The van der Waals surface area contributed by atoms with Gasteiger partial charge in [-0.3, -0.25) is 14.5 Å². The summed E-state index contributed by atoms with van der Waals surface area (Å²) in [5, 5.41) is 8.72. The molecule has 0 aliphatic carbocycles. The van der Waals surface area contributed by atoms with Gasteiger partial charge in [-0.25, -0.2) is 0 Å². The van der Waals surface area contributed by atoms with Crippen molar-refractivity contribution in [2.75, 3.05) is 18.6 Å². The van der Waals surface area contributed by atoms with Crippen molar-refractivity contribution >= 4 is 51.9 Å². The van der Waals surface area contributed by atoms with Crippen LogP contribution in [0.15, 0.2) is 47.4 Å². The van der Waals surface area contributed by atoms with Crippen molar-refractivity contribution in [2.45, 2.75) is 13.3 Å². The van der Waals surface area contributed by atoms with Crippen LogP contribution in [0.1, 0.15) is 17.5 Å². The van der Waals surface area contributed by atoms with Gasteiger partial charge in [0.2, 0.25) is 0 Å². The summed E-state index contributed by atoms with van der Waals surface area (Å²) in [4.78, 5) is 25.6. The van der Waals surface area contributed by atoms with E-state index in [0.717, 1.165) is 16.8 Å². The van der Waals surface area contributed by atoms with Gasteiger partial charge in [0.15, 0.2) is 15.8 Å². The third-order valence-electron chi connectivity index (χ3n) is 4.21. The van der Waals surface area contributed by atoms with Gasteiger partial charge in [-0.15, -0.1) is 0 Å². The third kappa shape index (κ3) is 4.78. The average Bonchev–Trinajstić information content (AvgIpc) is 2.96. The van der Waals surface area contributed by atoms with E-state index in [-0.39, 0.29) is 18.9 Å². The zero-order valence-corrected chi connectivity index (χ0v) is 17.5. The molecule has 0 saturated carbocycles. The summed E-state index contributed by atoms with van der Waals surface area (Å²) in [5.74, 6) is -0.205. The van der Waals surface area contributed by atoms with Crippen molar-refractivity contribution in [1.29, 1.82) is 0 Å². The number of methoxy groups -OCH3 is 1. The molecule has 1 fully saturated rings. The van der Waals surface area contributed by atoms with E-state index < -0.39 is 5.97 Å². The quantitative estimate of drug-likeness (QED) is 0.520. The topological polar surface area (TPSA) is 76.1 Å². The second-order valence-corrected chi connectivity index (χ2v) is 7.88. The van der Waals surface area contributed by atoms with E-state index in [4.69, 9.17) is 26.8 Å². The molecular weight excluding hydrogens is 410 g/mol. The molecule has 0 bridgehead atoms. The molecule has 3 rings (SSSR count). The Morgan fingerprint density at radius 3 is 2.69 bits per heavy atom. The van der Waals surface area contributed by atoms with Crippen LogP contribution >= 0.6 is 24.0 Å². The first-order chi connectivity index (χ1) is 13.9. The Bertz CT molecular complexity index is 1000. The van der Waals surface area contributed by atoms with Gasteiger partial charge in [0.05, 0.1) is 30.7 Å². The lowest BCUT2D eigenvalue weighted by molar-refractivity contribution is -0.137. The number of carbonyl (C=O) groups excluding carboxylic acids is 1.